The van der Waals surface area contributed by atoms with Gasteiger partial charge >= 0.3 is 5.97 Å². The first kappa shape index (κ1) is 25.4. The molecule has 0 saturated heterocycles. The van der Waals surface area contributed by atoms with Crippen molar-refractivity contribution in [2.75, 3.05) is 39.3 Å². The van der Waals surface area contributed by atoms with Gasteiger partial charge in [0.05, 0.1) is 25.2 Å². The molecule has 0 heterocycles. The fourth-order valence-electron chi connectivity index (χ4n) is 2.56. The van der Waals surface area contributed by atoms with Gasteiger partial charge in [0.25, 0.3) is 0 Å². The zero-order valence-corrected chi connectivity index (χ0v) is 19.7. The van der Waals surface area contributed by atoms with Gasteiger partial charge in [-0.05, 0) is 31.1 Å². The third-order valence-electron chi connectivity index (χ3n) is 4.47. The minimum absolute atomic E-state index is 0.114. The van der Waals surface area contributed by atoms with E-state index in [1.165, 1.54) is 5.56 Å². The van der Waals surface area contributed by atoms with Crippen LogP contribution in [-0.2, 0) is 19.0 Å². The van der Waals surface area contributed by atoms with Crippen molar-refractivity contribution < 1.29 is 19.0 Å². The number of thiocarbonyl (C=S) groups is 1. The first-order valence-electron chi connectivity index (χ1n) is 9.59. The van der Waals surface area contributed by atoms with Gasteiger partial charge in [0, 0.05) is 12.4 Å². The summed E-state index contributed by atoms with van der Waals surface area (Å²) >= 11 is 8.86. The van der Waals surface area contributed by atoms with Crippen molar-refractivity contribution in [1.29, 1.82) is 0 Å². The van der Waals surface area contributed by atoms with Gasteiger partial charge in [-0.3, -0.25) is 4.79 Å². The molecule has 0 aliphatic heterocycles. The highest BCUT2D eigenvalue weighted by Crippen LogP contribution is 2.44. The smallest absolute Gasteiger partial charge is 0.311 e. The fraction of sp³-hybridized carbons (Fsp3) is 0.619. The number of carbonyl (C=O) groups excluding carboxylic acids is 1. The first-order valence-corrected chi connectivity index (χ1v) is 11.9. The molecular formula is C21H32O4S3. The maximum Gasteiger partial charge on any atom is 0.311 e. The molecule has 7 heteroatoms. The first-order chi connectivity index (χ1) is 13.5. The highest BCUT2D eigenvalue weighted by Gasteiger charge is 2.36. The summed E-state index contributed by atoms with van der Waals surface area (Å²) in [6.45, 7) is 7.77. The molecule has 28 heavy (non-hydrogen) atoms. The zero-order valence-electron chi connectivity index (χ0n) is 17.3. The van der Waals surface area contributed by atoms with E-state index in [-0.39, 0.29) is 17.8 Å². The van der Waals surface area contributed by atoms with Gasteiger partial charge in [-0.1, -0.05) is 68.2 Å². The minimum atomic E-state index is -0.577. The summed E-state index contributed by atoms with van der Waals surface area (Å²) in [5.41, 5.74) is 0.605. The lowest BCUT2D eigenvalue weighted by atomic mass is 9.81. The average Bonchev–Trinajstić information content (AvgIpc) is 2.70. The summed E-state index contributed by atoms with van der Waals surface area (Å²) in [7, 11) is 1.63. The van der Waals surface area contributed by atoms with Crippen LogP contribution in [0, 0.1) is 5.41 Å². The molecule has 0 bridgehead atoms. The molecule has 0 radical (unpaired) electrons. The molecule has 158 valence electrons. The third-order valence-corrected chi connectivity index (χ3v) is 7.20. The Bertz CT molecular complexity index is 582. The second-order valence-corrected chi connectivity index (χ2v) is 10.2. The van der Waals surface area contributed by atoms with Crippen LogP contribution in [0.3, 0.4) is 0 Å². The van der Waals surface area contributed by atoms with Crippen LogP contribution in [0.1, 0.15) is 44.4 Å². The van der Waals surface area contributed by atoms with Gasteiger partial charge in [0.1, 0.15) is 10.1 Å². The monoisotopic (exact) mass is 444 g/mol. The molecule has 1 aromatic carbocycles. The van der Waals surface area contributed by atoms with E-state index in [1.807, 2.05) is 32.0 Å². The highest BCUT2D eigenvalue weighted by atomic mass is 32.2. The lowest BCUT2D eigenvalue weighted by molar-refractivity contribution is -0.157. The van der Waals surface area contributed by atoms with Crippen molar-refractivity contribution in [3.05, 3.63) is 35.9 Å². The summed E-state index contributed by atoms with van der Waals surface area (Å²) in [5.74, 6) is 0.768. The molecule has 0 amide bonds. The molecule has 0 N–H and O–H groups in total. The van der Waals surface area contributed by atoms with Gasteiger partial charge in [-0.15, -0.1) is 11.8 Å². The maximum atomic E-state index is 12.8. The number of methoxy groups -OCH3 is 1. The van der Waals surface area contributed by atoms with Crippen LogP contribution in [0.2, 0.25) is 0 Å². The van der Waals surface area contributed by atoms with Crippen molar-refractivity contribution >= 4 is 45.2 Å². The van der Waals surface area contributed by atoms with E-state index in [0.717, 1.165) is 9.28 Å². The van der Waals surface area contributed by atoms with Gasteiger partial charge in [0.15, 0.2) is 0 Å². The predicted octanol–water partition coefficient (Wildman–Crippen LogP) is 5.51. The van der Waals surface area contributed by atoms with E-state index in [1.54, 1.807) is 30.6 Å². The lowest BCUT2D eigenvalue weighted by Crippen LogP contribution is -2.32. The molecular weight excluding hydrogens is 412 g/mol. The lowest BCUT2D eigenvalue weighted by Gasteiger charge is -2.30. The number of hydrogen-bond acceptors (Lipinski definition) is 7. The van der Waals surface area contributed by atoms with E-state index in [0.29, 0.717) is 32.7 Å². The topological polar surface area (TPSA) is 44.8 Å². The van der Waals surface area contributed by atoms with E-state index >= 15 is 0 Å². The Morgan fingerprint density at radius 3 is 2.43 bits per heavy atom. The molecule has 0 saturated carbocycles. The third kappa shape index (κ3) is 9.27. The minimum Gasteiger partial charge on any atom is -0.463 e. The van der Waals surface area contributed by atoms with E-state index in [9.17, 15) is 4.79 Å². The molecule has 1 rings (SSSR count). The van der Waals surface area contributed by atoms with Gasteiger partial charge in [-0.2, -0.15) is 0 Å². The Kier molecular flexibility index (Phi) is 13.1. The summed E-state index contributed by atoms with van der Waals surface area (Å²) in [6.07, 6.45) is 1.37. The number of ether oxygens (including phenoxy) is 3. The molecule has 2 atom stereocenters. The number of rotatable bonds is 13. The van der Waals surface area contributed by atoms with Crippen molar-refractivity contribution in [3.8, 4) is 0 Å². The number of benzene rings is 1. The van der Waals surface area contributed by atoms with Crippen molar-refractivity contribution in [1.82, 2.24) is 0 Å². The Morgan fingerprint density at radius 1 is 1.14 bits per heavy atom. The Labute approximate surface area is 183 Å². The van der Waals surface area contributed by atoms with Gasteiger partial charge in [-0.25, -0.2) is 0 Å². The normalized spacial score (nSPS) is 14.3. The summed E-state index contributed by atoms with van der Waals surface area (Å²) in [5, 5.41) is 0.114. The summed E-state index contributed by atoms with van der Waals surface area (Å²) < 4.78 is 16.7. The van der Waals surface area contributed by atoms with Crippen LogP contribution in [0.15, 0.2) is 30.3 Å². The van der Waals surface area contributed by atoms with Gasteiger partial charge in [0.2, 0.25) is 0 Å². The molecule has 2 unspecified atom stereocenters. The largest absolute Gasteiger partial charge is 0.463 e. The van der Waals surface area contributed by atoms with Crippen LogP contribution >= 0.6 is 35.7 Å². The standard InChI is InChI=1S/C21H32O4S3/c1-5-21(3,19(22)25-15-14-24-13-12-23-4)16-18(28-20(26)27-6-2)17-10-8-7-9-11-17/h7-11,18H,5-6,12-16H2,1-4H3. The second-order valence-electron chi connectivity index (χ2n) is 6.56. The second kappa shape index (κ2) is 14.4. The van der Waals surface area contributed by atoms with Crippen LogP contribution in [0.4, 0.5) is 0 Å². The quantitative estimate of drug-likeness (QED) is 0.226. The Hall–Kier alpha value is -0.600. The fourth-order valence-corrected chi connectivity index (χ4v) is 5.44. The highest BCUT2D eigenvalue weighted by molar-refractivity contribution is 8.47. The van der Waals surface area contributed by atoms with Crippen LogP contribution in [-0.4, -0.2) is 48.8 Å². The Balaban J connectivity index is 2.75. The molecule has 0 aromatic heterocycles. The molecule has 0 fully saturated rings. The number of hydrogen-bond donors (Lipinski definition) is 0. The van der Waals surface area contributed by atoms with E-state index < -0.39 is 5.41 Å². The molecule has 0 spiro atoms. The van der Waals surface area contributed by atoms with Gasteiger partial charge < -0.3 is 14.2 Å². The molecule has 4 nitrogen and oxygen atoms in total. The van der Waals surface area contributed by atoms with Crippen LogP contribution < -0.4 is 0 Å². The maximum absolute atomic E-state index is 12.8. The SMILES string of the molecule is CCSC(=S)SC(CC(C)(CC)C(=O)OCCOCCOC)c1ccccc1. The van der Waals surface area contributed by atoms with Crippen LogP contribution in [0.25, 0.3) is 0 Å². The molecule has 0 aliphatic carbocycles. The van der Waals surface area contributed by atoms with Crippen molar-refractivity contribution in [2.24, 2.45) is 5.41 Å². The zero-order chi connectivity index (χ0) is 20.8. The Morgan fingerprint density at radius 2 is 1.82 bits per heavy atom. The number of esters is 1. The molecule has 1 aromatic rings. The van der Waals surface area contributed by atoms with E-state index in [4.69, 9.17) is 26.4 Å². The summed E-state index contributed by atoms with van der Waals surface area (Å²) in [4.78, 5) is 12.8. The van der Waals surface area contributed by atoms with Crippen molar-refractivity contribution in [3.63, 3.8) is 0 Å². The number of thioether (sulfide) groups is 2. The average molecular weight is 445 g/mol. The molecule has 0 aliphatic rings. The summed E-state index contributed by atoms with van der Waals surface area (Å²) in [6, 6.07) is 10.3. The number of carbonyl (C=O) groups is 1. The van der Waals surface area contributed by atoms with E-state index in [2.05, 4.69) is 19.1 Å². The van der Waals surface area contributed by atoms with Crippen molar-refractivity contribution in [2.45, 2.75) is 38.9 Å². The predicted molar refractivity (Wildman–Crippen MR) is 124 cm³/mol. The van der Waals surface area contributed by atoms with Crippen LogP contribution in [0.5, 0.6) is 0 Å².